The molecule has 0 aliphatic carbocycles. The van der Waals surface area contributed by atoms with Gasteiger partial charge in [0.25, 0.3) is 0 Å². The molecule has 1 N–H and O–H groups in total. The minimum atomic E-state index is 0.134. The molecule has 21 heavy (non-hydrogen) atoms. The highest BCUT2D eigenvalue weighted by atomic mass is 79.9. The molecule has 0 fully saturated rings. The molecule has 1 aromatic carbocycles. The molecule has 0 aliphatic heterocycles. The third-order valence-electron chi connectivity index (χ3n) is 3.47. The topological polar surface area (TPSA) is 24.9 Å². The van der Waals surface area contributed by atoms with Gasteiger partial charge in [-0.15, -0.1) is 0 Å². The van der Waals surface area contributed by atoms with Gasteiger partial charge in [-0.1, -0.05) is 31.2 Å². The Labute approximate surface area is 137 Å². The van der Waals surface area contributed by atoms with Crippen LogP contribution in [0.3, 0.4) is 0 Å². The molecular formula is C17H17BrN2S. The molecule has 2 aromatic heterocycles. The second kappa shape index (κ2) is 6.69. The third-order valence-corrected chi connectivity index (χ3v) is 5.22. The number of nitrogens with one attached hydrogen (secondary N) is 1. The van der Waals surface area contributed by atoms with Gasteiger partial charge in [0.05, 0.1) is 17.3 Å². The van der Waals surface area contributed by atoms with Gasteiger partial charge in [-0.3, -0.25) is 4.98 Å². The highest BCUT2D eigenvalue weighted by Gasteiger charge is 2.18. The number of nitrogens with zero attached hydrogens (tertiary/aromatic N) is 1. The number of aromatic nitrogens is 1. The minimum Gasteiger partial charge on any atom is -0.305 e. The van der Waals surface area contributed by atoms with Crippen molar-refractivity contribution in [2.24, 2.45) is 0 Å². The summed E-state index contributed by atoms with van der Waals surface area (Å²) in [4.78, 5) is 4.85. The maximum Gasteiger partial charge on any atom is 0.0770 e. The number of benzene rings is 1. The first-order valence-electron chi connectivity index (χ1n) is 7.10. The van der Waals surface area contributed by atoms with E-state index in [1.807, 2.05) is 12.1 Å². The van der Waals surface area contributed by atoms with Crippen LogP contribution in [-0.2, 0) is 0 Å². The number of hydrogen-bond donors (Lipinski definition) is 1. The molecule has 0 amide bonds. The maximum absolute atomic E-state index is 4.85. The first-order valence-corrected chi connectivity index (χ1v) is 8.84. The Morgan fingerprint density at radius 1 is 1.19 bits per heavy atom. The van der Waals surface area contributed by atoms with Crippen LogP contribution in [0.2, 0.25) is 0 Å². The van der Waals surface area contributed by atoms with Crippen LogP contribution in [0, 0.1) is 0 Å². The lowest BCUT2D eigenvalue weighted by Crippen LogP contribution is -2.24. The Morgan fingerprint density at radius 2 is 2.05 bits per heavy atom. The number of fused-ring (bicyclic) bond motifs is 1. The van der Waals surface area contributed by atoms with Crippen LogP contribution in [0.15, 0.2) is 51.6 Å². The van der Waals surface area contributed by atoms with Crippen LogP contribution >= 0.6 is 27.3 Å². The molecule has 0 bridgehead atoms. The lowest BCUT2D eigenvalue weighted by atomic mass is 10.1. The van der Waals surface area contributed by atoms with Gasteiger partial charge >= 0.3 is 0 Å². The average Bonchev–Trinajstić information content (AvgIpc) is 2.94. The molecule has 0 aliphatic rings. The van der Waals surface area contributed by atoms with Crippen molar-refractivity contribution in [3.8, 4) is 0 Å². The molecule has 1 atom stereocenters. The Kier molecular flexibility index (Phi) is 4.68. The zero-order chi connectivity index (χ0) is 14.7. The fourth-order valence-electron chi connectivity index (χ4n) is 2.40. The fraction of sp³-hybridized carbons (Fsp3) is 0.235. The van der Waals surface area contributed by atoms with Gasteiger partial charge < -0.3 is 5.32 Å². The molecule has 4 heteroatoms. The average molecular weight is 361 g/mol. The van der Waals surface area contributed by atoms with E-state index in [2.05, 4.69) is 63.2 Å². The Bertz CT molecular complexity index is 738. The monoisotopic (exact) mass is 360 g/mol. The lowest BCUT2D eigenvalue weighted by Gasteiger charge is -2.18. The number of halogens is 1. The van der Waals surface area contributed by atoms with E-state index in [0.717, 1.165) is 28.6 Å². The van der Waals surface area contributed by atoms with Crippen LogP contribution in [0.1, 0.15) is 30.6 Å². The molecule has 3 rings (SSSR count). The quantitative estimate of drug-likeness (QED) is 0.680. The molecule has 0 radical (unpaired) electrons. The van der Waals surface area contributed by atoms with Gasteiger partial charge in [0, 0.05) is 15.2 Å². The number of rotatable bonds is 5. The van der Waals surface area contributed by atoms with E-state index in [-0.39, 0.29) is 6.04 Å². The van der Waals surface area contributed by atoms with Crippen molar-refractivity contribution in [3.05, 3.63) is 62.9 Å². The van der Waals surface area contributed by atoms with E-state index in [1.165, 1.54) is 10.9 Å². The van der Waals surface area contributed by atoms with Gasteiger partial charge in [-0.2, -0.15) is 11.3 Å². The highest BCUT2D eigenvalue weighted by Crippen LogP contribution is 2.31. The first kappa shape index (κ1) is 14.7. The summed E-state index contributed by atoms with van der Waals surface area (Å²) in [6.45, 7) is 3.15. The maximum atomic E-state index is 4.85. The summed E-state index contributed by atoms with van der Waals surface area (Å²) in [6.07, 6.45) is 1.10. The van der Waals surface area contributed by atoms with E-state index >= 15 is 0 Å². The van der Waals surface area contributed by atoms with Gasteiger partial charge in [-0.25, -0.2) is 0 Å². The third kappa shape index (κ3) is 3.18. The van der Waals surface area contributed by atoms with Gasteiger partial charge in [0.1, 0.15) is 0 Å². The number of hydrogen-bond acceptors (Lipinski definition) is 3. The zero-order valence-electron chi connectivity index (χ0n) is 11.8. The van der Waals surface area contributed by atoms with E-state index in [0.29, 0.717) is 0 Å². The summed E-state index contributed by atoms with van der Waals surface area (Å²) in [5, 5.41) is 9.10. The molecular weight excluding hydrogens is 344 g/mol. The SMILES string of the molecule is CCCNC(c1ccc2ccccc2n1)c1cscc1Br. The zero-order valence-corrected chi connectivity index (χ0v) is 14.2. The molecule has 1 unspecified atom stereocenters. The predicted molar refractivity (Wildman–Crippen MR) is 93.9 cm³/mol. The summed E-state index contributed by atoms with van der Waals surface area (Å²) >= 11 is 5.36. The summed E-state index contributed by atoms with van der Waals surface area (Å²) in [5.74, 6) is 0. The van der Waals surface area contributed by atoms with Gasteiger partial charge in [0.2, 0.25) is 0 Å². The lowest BCUT2D eigenvalue weighted by molar-refractivity contribution is 0.588. The van der Waals surface area contributed by atoms with E-state index in [4.69, 9.17) is 4.98 Å². The second-order valence-corrected chi connectivity index (χ2v) is 6.59. The fourth-order valence-corrected chi connectivity index (χ4v) is 3.95. The van der Waals surface area contributed by atoms with Crippen LogP contribution in [0.5, 0.6) is 0 Å². The second-order valence-electron chi connectivity index (χ2n) is 4.99. The van der Waals surface area contributed by atoms with Gasteiger partial charge in [-0.05, 0) is 52.0 Å². The number of thiophene rings is 1. The Hall–Kier alpha value is -1.23. The molecule has 0 spiro atoms. The van der Waals surface area contributed by atoms with Gasteiger partial charge in [0.15, 0.2) is 0 Å². The normalized spacial score (nSPS) is 12.7. The summed E-state index contributed by atoms with van der Waals surface area (Å²) in [7, 11) is 0. The summed E-state index contributed by atoms with van der Waals surface area (Å²) < 4.78 is 1.15. The first-order chi connectivity index (χ1) is 10.3. The van der Waals surface area contributed by atoms with E-state index < -0.39 is 0 Å². The standard InChI is InChI=1S/C17H17BrN2S/c1-2-9-19-17(13-10-21-11-14(13)18)16-8-7-12-5-3-4-6-15(12)20-16/h3-8,10-11,17,19H,2,9H2,1H3. The highest BCUT2D eigenvalue weighted by molar-refractivity contribution is 9.10. The van der Waals surface area contributed by atoms with Crippen LogP contribution in [0.25, 0.3) is 10.9 Å². The Balaban J connectivity index is 2.03. The van der Waals surface area contributed by atoms with Crippen LogP contribution < -0.4 is 5.32 Å². The molecule has 3 aromatic rings. The van der Waals surface area contributed by atoms with Crippen LogP contribution in [0.4, 0.5) is 0 Å². The van der Waals surface area contributed by atoms with Crippen LogP contribution in [-0.4, -0.2) is 11.5 Å². The van der Waals surface area contributed by atoms with Crippen molar-refractivity contribution >= 4 is 38.2 Å². The minimum absolute atomic E-state index is 0.134. The largest absolute Gasteiger partial charge is 0.305 e. The molecule has 2 heterocycles. The molecule has 2 nitrogen and oxygen atoms in total. The van der Waals surface area contributed by atoms with Crippen molar-refractivity contribution in [2.75, 3.05) is 6.54 Å². The molecule has 0 saturated heterocycles. The van der Waals surface area contributed by atoms with Crippen molar-refractivity contribution in [1.82, 2.24) is 10.3 Å². The molecule has 108 valence electrons. The van der Waals surface area contributed by atoms with Crippen molar-refractivity contribution in [1.29, 1.82) is 0 Å². The number of pyridine rings is 1. The van der Waals surface area contributed by atoms with Crippen molar-refractivity contribution < 1.29 is 0 Å². The number of para-hydroxylation sites is 1. The smallest absolute Gasteiger partial charge is 0.0770 e. The molecule has 0 saturated carbocycles. The Morgan fingerprint density at radius 3 is 2.81 bits per heavy atom. The van der Waals surface area contributed by atoms with Crippen molar-refractivity contribution in [2.45, 2.75) is 19.4 Å². The summed E-state index contributed by atoms with van der Waals surface area (Å²) in [5.41, 5.74) is 3.38. The summed E-state index contributed by atoms with van der Waals surface area (Å²) in [6, 6.07) is 12.7. The predicted octanol–water partition coefficient (Wildman–Crippen LogP) is 5.15. The van der Waals surface area contributed by atoms with E-state index in [9.17, 15) is 0 Å². The van der Waals surface area contributed by atoms with E-state index in [1.54, 1.807) is 11.3 Å². The van der Waals surface area contributed by atoms with Crippen molar-refractivity contribution in [3.63, 3.8) is 0 Å².